The van der Waals surface area contributed by atoms with Gasteiger partial charge in [0, 0.05) is 32.2 Å². The second-order valence-corrected chi connectivity index (χ2v) is 9.26. The van der Waals surface area contributed by atoms with E-state index in [0.29, 0.717) is 23.8 Å². The fourth-order valence-corrected chi connectivity index (χ4v) is 5.32. The summed E-state index contributed by atoms with van der Waals surface area (Å²) in [7, 11) is -1.13. The maximum Gasteiger partial charge on any atom is 0.272 e. The normalized spacial score (nSPS) is 23.3. The molecule has 0 aromatic carbocycles. The Morgan fingerprint density at radius 3 is 2.48 bits per heavy atom. The number of carbonyl (C=O) groups is 1. The van der Waals surface area contributed by atoms with Crippen LogP contribution in [0.1, 0.15) is 48.4 Å². The zero-order valence-corrected chi connectivity index (χ0v) is 15.8. The van der Waals surface area contributed by atoms with Crippen LogP contribution in [0.2, 0.25) is 0 Å². The molecule has 0 radical (unpaired) electrons. The third kappa shape index (κ3) is 4.29. The van der Waals surface area contributed by atoms with Gasteiger partial charge in [-0.05, 0) is 26.2 Å². The lowest BCUT2D eigenvalue weighted by Crippen LogP contribution is -2.35. The summed E-state index contributed by atoms with van der Waals surface area (Å²) in [6, 6.07) is 1.60. The van der Waals surface area contributed by atoms with E-state index in [0.717, 1.165) is 38.8 Å². The minimum Gasteiger partial charge on any atom is -0.356 e. The minimum absolute atomic E-state index is 0.0545. The number of hydrogen-bond acceptors (Lipinski definition) is 6. The van der Waals surface area contributed by atoms with E-state index in [1.807, 2.05) is 16.8 Å². The Bertz CT molecular complexity index is 742. The fourth-order valence-electron chi connectivity index (χ4n) is 3.55. The van der Waals surface area contributed by atoms with Crippen LogP contribution in [0.25, 0.3) is 0 Å². The van der Waals surface area contributed by atoms with Crippen molar-refractivity contribution < 1.29 is 13.2 Å². The monoisotopic (exact) mass is 366 g/mol. The highest BCUT2D eigenvalue weighted by Gasteiger charge is 2.32. The molecule has 1 atom stereocenters. The van der Waals surface area contributed by atoms with Crippen LogP contribution < -0.4 is 4.90 Å². The van der Waals surface area contributed by atoms with Crippen molar-refractivity contribution in [2.45, 2.75) is 45.1 Å². The molecule has 2 fully saturated rings. The van der Waals surface area contributed by atoms with Gasteiger partial charge in [-0.2, -0.15) is 0 Å². The summed E-state index contributed by atoms with van der Waals surface area (Å²) in [6.45, 7) is 3.31. The predicted octanol–water partition coefficient (Wildman–Crippen LogP) is 1.42. The second-order valence-electron chi connectivity index (χ2n) is 7.03. The molecule has 1 amide bonds. The summed E-state index contributed by atoms with van der Waals surface area (Å²) >= 11 is 0. The first kappa shape index (κ1) is 18.1. The molecular weight excluding hydrogens is 340 g/mol. The molecule has 8 heteroatoms. The Balaban J connectivity index is 1.81. The predicted molar refractivity (Wildman–Crippen MR) is 96.6 cm³/mol. The topological polar surface area (TPSA) is 83.5 Å². The molecule has 1 aromatic heterocycles. The van der Waals surface area contributed by atoms with Crippen molar-refractivity contribution >= 4 is 21.6 Å². The van der Waals surface area contributed by atoms with E-state index in [1.54, 1.807) is 13.0 Å². The van der Waals surface area contributed by atoms with E-state index >= 15 is 0 Å². The lowest BCUT2D eigenvalue weighted by atomic mass is 10.2. The zero-order valence-electron chi connectivity index (χ0n) is 14.9. The van der Waals surface area contributed by atoms with E-state index in [9.17, 15) is 13.2 Å². The number of aryl methyl sites for hydroxylation is 1. The van der Waals surface area contributed by atoms with Crippen molar-refractivity contribution in [3.63, 3.8) is 0 Å². The molecule has 3 heterocycles. The van der Waals surface area contributed by atoms with Crippen LogP contribution in [-0.4, -0.2) is 66.9 Å². The highest BCUT2D eigenvalue weighted by Crippen LogP contribution is 2.23. The largest absolute Gasteiger partial charge is 0.356 e. The Labute approximate surface area is 149 Å². The summed E-state index contributed by atoms with van der Waals surface area (Å²) in [6.07, 6.45) is 4.98. The van der Waals surface area contributed by atoms with Gasteiger partial charge in [-0.25, -0.2) is 18.4 Å². The first-order valence-electron chi connectivity index (χ1n) is 8.94. The SMILES string of the molecule is Cc1nc(C(=O)N2CCCCCC2)cc(N(C)C2CCS(=O)(=O)C2)n1. The van der Waals surface area contributed by atoms with Crippen LogP contribution in [-0.2, 0) is 9.84 Å². The van der Waals surface area contributed by atoms with Crippen molar-refractivity contribution in [2.75, 3.05) is 36.5 Å². The summed E-state index contributed by atoms with van der Waals surface area (Å²) in [4.78, 5) is 25.3. The Kier molecular flexibility index (Phi) is 5.27. The van der Waals surface area contributed by atoms with E-state index in [4.69, 9.17) is 0 Å². The number of amides is 1. The molecule has 0 bridgehead atoms. The molecule has 3 rings (SSSR count). The van der Waals surface area contributed by atoms with Gasteiger partial charge >= 0.3 is 0 Å². The standard InChI is InChI=1S/C17H26N4O3S/c1-13-18-15(17(22)21-8-5-3-4-6-9-21)11-16(19-13)20(2)14-7-10-25(23,24)12-14/h11,14H,3-10,12H2,1-2H3. The van der Waals surface area contributed by atoms with Gasteiger partial charge in [0.2, 0.25) is 0 Å². The second kappa shape index (κ2) is 7.27. The van der Waals surface area contributed by atoms with Gasteiger partial charge in [0.1, 0.15) is 17.3 Å². The molecule has 2 aliphatic rings. The van der Waals surface area contributed by atoms with Crippen LogP contribution in [0.4, 0.5) is 5.82 Å². The fraction of sp³-hybridized carbons (Fsp3) is 0.706. The minimum atomic E-state index is -2.97. The smallest absolute Gasteiger partial charge is 0.272 e. The molecule has 1 unspecified atom stereocenters. The molecule has 0 aliphatic carbocycles. The molecule has 7 nitrogen and oxygen atoms in total. The maximum atomic E-state index is 12.8. The molecule has 1 aromatic rings. The van der Waals surface area contributed by atoms with Crippen molar-refractivity contribution in [1.82, 2.24) is 14.9 Å². The first-order chi connectivity index (χ1) is 11.9. The van der Waals surface area contributed by atoms with Crippen LogP contribution in [0.15, 0.2) is 6.07 Å². The van der Waals surface area contributed by atoms with Crippen LogP contribution in [0, 0.1) is 6.92 Å². The molecule has 2 aliphatic heterocycles. The van der Waals surface area contributed by atoms with Gasteiger partial charge in [-0.3, -0.25) is 4.79 Å². The number of carbonyl (C=O) groups excluding carboxylic acids is 1. The molecule has 0 spiro atoms. The number of rotatable bonds is 3. The van der Waals surface area contributed by atoms with E-state index in [2.05, 4.69) is 9.97 Å². The van der Waals surface area contributed by atoms with Gasteiger partial charge in [-0.15, -0.1) is 0 Å². The van der Waals surface area contributed by atoms with Crippen LogP contribution >= 0.6 is 0 Å². The number of anilines is 1. The van der Waals surface area contributed by atoms with E-state index in [1.165, 1.54) is 0 Å². The molecule has 138 valence electrons. The number of hydrogen-bond donors (Lipinski definition) is 0. The average molecular weight is 366 g/mol. The Morgan fingerprint density at radius 2 is 1.88 bits per heavy atom. The van der Waals surface area contributed by atoms with Gasteiger partial charge in [-0.1, -0.05) is 12.8 Å². The van der Waals surface area contributed by atoms with Crippen molar-refractivity contribution in [1.29, 1.82) is 0 Å². The van der Waals surface area contributed by atoms with Gasteiger partial charge in [0.25, 0.3) is 5.91 Å². The van der Waals surface area contributed by atoms with Gasteiger partial charge < -0.3 is 9.80 Å². The summed E-state index contributed by atoms with van der Waals surface area (Å²) in [5, 5.41) is 0. The lowest BCUT2D eigenvalue weighted by molar-refractivity contribution is 0.0755. The maximum absolute atomic E-state index is 12.8. The molecule has 0 N–H and O–H groups in total. The van der Waals surface area contributed by atoms with Crippen molar-refractivity contribution in [3.05, 3.63) is 17.6 Å². The van der Waals surface area contributed by atoms with E-state index < -0.39 is 9.84 Å². The third-order valence-electron chi connectivity index (χ3n) is 5.05. The average Bonchev–Trinajstić information content (AvgIpc) is 2.77. The molecular formula is C17H26N4O3S. The molecule has 2 saturated heterocycles. The number of likely N-dealkylation sites (tertiary alicyclic amines) is 1. The number of nitrogens with zero attached hydrogens (tertiary/aromatic N) is 4. The lowest BCUT2D eigenvalue weighted by Gasteiger charge is -2.26. The Hall–Kier alpha value is -1.70. The molecule has 25 heavy (non-hydrogen) atoms. The van der Waals surface area contributed by atoms with Crippen LogP contribution in [0.3, 0.4) is 0 Å². The quantitative estimate of drug-likeness (QED) is 0.805. The van der Waals surface area contributed by atoms with Crippen molar-refractivity contribution in [3.8, 4) is 0 Å². The summed E-state index contributed by atoms with van der Waals surface area (Å²) in [5.74, 6) is 1.45. The van der Waals surface area contributed by atoms with E-state index in [-0.39, 0.29) is 23.5 Å². The summed E-state index contributed by atoms with van der Waals surface area (Å²) < 4.78 is 23.5. The molecule has 0 saturated carbocycles. The van der Waals surface area contributed by atoms with Gasteiger partial charge in [0.05, 0.1) is 11.5 Å². The van der Waals surface area contributed by atoms with Gasteiger partial charge in [0.15, 0.2) is 9.84 Å². The first-order valence-corrected chi connectivity index (χ1v) is 10.8. The summed E-state index contributed by atoms with van der Waals surface area (Å²) in [5.41, 5.74) is 0.400. The zero-order chi connectivity index (χ0) is 18.0. The number of sulfone groups is 1. The van der Waals surface area contributed by atoms with Crippen LogP contribution in [0.5, 0.6) is 0 Å². The highest BCUT2D eigenvalue weighted by atomic mass is 32.2. The third-order valence-corrected chi connectivity index (χ3v) is 6.80. The number of aromatic nitrogens is 2. The van der Waals surface area contributed by atoms with Crippen molar-refractivity contribution in [2.24, 2.45) is 0 Å². The highest BCUT2D eigenvalue weighted by molar-refractivity contribution is 7.91. The Morgan fingerprint density at radius 1 is 1.20 bits per heavy atom.